The Morgan fingerprint density at radius 3 is 2.79 bits per heavy atom. The third kappa shape index (κ3) is 4.63. The Bertz CT molecular complexity index is 745. The Kier molecular flexibility index (Phi) is 6.07. The average molecular weight is 399 g/mol. The maximum atomic E-state index is 12.2. The molecule has 0 fully saturated rings. The SMILES string of the molecule is O=C(Nc1ccc(Br)cc1C(=O)O)c1coc(CCC(O)CO)n1. The average Bonchev–Trinajstić information content (AvgIpc) is 3.03. The van der Waals surface area contributed by atoms with Crippen LogP contribution in [0, 0.1) is 0 Å². The van der Waals surface area contributed by atoms with Crippen LogP contribution in [0.25, 0.3) is 0 Å². The lowest BCUT2D eigenvalue weighted by atomic mass is 10.2. The number of nitrogens with one attached hydrogen (secondary N) is 1. The van der Waals surface area contributed by atoms with Crippen LogP contribution in [0.15, 0.2) is 33.4 Å². The smallest absolute Gasteiger partial charge is 0.337 e. The molecule has 1 atom stereocenters. The van der Waals surface area contributed by atoms with Crippen LogP contribution in [0.5, 0.6) is 0 Å². The second-order valence-corrected chi connectivity index (χ2v) is 5.87. The van der Waals surface area contributed by atoms with E-state index in [1.165, 1.54) is 12.1 Å². The summed E-state index contributed by atoms with van der Waals surface area (Å²) >= 11 is 3.17. The lowest BCUT2D eigenvalue weighted by Crippen LogP contribution is -2.15. The standard InChI is InChI=1S/C15H15BrN2O6/c16-8-1-3-11(10(5-8)15(22)23)18-14(21)12-7-24-13(17-12)4-2-9(20)6-19/h1,3,5,7,9,19-20H,2,4,6H2,(H,18,21)(H,22,23). The molecule has 1 heterocycles. The zero-order valence-electron chi connectivity index (χ0n) is 12.4. The summed E-state index contributed by atoms with van der Waals surface area (Å²) in [6.45, 7) is -0.365. The van der Waals surface area contributed by atoms with Crippen molar-refractivity contribution in [2.24, 2.45) is 0 Å². The van der Waals surface area contributed by atoms with Crippen LogP contribution >= 0.6 is 15.9 Å². The Morgan fingerprint density at radius 1 is 1.38 bits per heavy atom. The van der Waals surface area contributed by atoms with Crippen molar-refractivity contribution < 1.29 is 29.3 Å². The van der Waals surface area contributed by atoms with Crippen molar-refractivity contribution in [2.75, 3.05) is 11.9 Å². The van der Waals surface area contributed by atoms with Crippen LogP contribution in [-0.4, -0.2) is 44.9 Å². The number of carboxylic acid groups (broad SMARTS) is 1. The summed E-state index contributed by atoms with van der Waals surface area (Å²) in [5.74, 6) is -1.55. The van der Waals surface area contributed by atoms with E-state index >= 15 is 0 Å². The molecule has 1 unspecified atom stereocenters. The molecule has 0 aliphatic heterocycles. The molecular weight excluding hydrogens is 384 g/mol. The highest BCUT2D eigenvalue weighted by Gasteiger charge is 2.17. The first-order valence-electron chi connectivity index (χ1n) is 6.98. The maximum Gasteiger partial charge on any atom is 0.337 e. The molecule has 128 valence electrons. The van der Waals surface area contributed by atoms with E-state index in [1.807, 2.05) is 0 Å². The summed E-state index contributed by atoms with van der Waals surface area (Å²) in [6.07, 6.45) is 0.770. The first-order chi connectivity index (χ1) is 11.4. The lowest BCUT2D eigenvalue weighted by molar-refractivity contribution is 0.0698. The van der Waals surface area contributed by atoms with Gasteiger partial charge in [0.2, 0.25) is 0 Å². The number of amides is 1. The third-order valence-electron chi connectivity index (χ3n) is 3.15. The molecule has 8 nitrogen and oxygen atoms in total. The number of anilines is 1. The molecule has 0 saturated carbocycles. The molecule has 2 rings (SSSR count). The van der Waals surface area contributed by atoms with Gasteiger partial charge < -0.3 is 25.1 Å². The van der Waals surface area contributed by atoms with Gasteiger partial charge in [-0.25, -0.2) is 9.78 Å². The largest absolute Gasteiger partial charge is 0.478 e. The molecule has 0 spiro atoms. The van der Waals surface area contributed by atoms with Crippen molar-refractivity contribution in [3.05, 3.63) is 46.1 Å². The van der Waals surface area contributed by atoms with E-state index in [2.05, 4.69) is 26.2 Å². The Balaban J connectivity index is 2.08. The number of aromatic carboxylic acids is 1. The number of halogens is 1. The zero-order valence-corrected chi connectivity index (χ0v) is 14.0. The zero-order chi connectivity index (χ0) is 17.7. The minimum Gasteiger partial charge on any atom is -0.478 e. The highest BCUT2D eigenvalue weighted by molar-refractivity contribution is 9.10. The highest BCUT2D eigenvalue weighted by atomic mass is 79.9. The normalized spacial score (nSPS) is 12.0. The van der Waals surface area contributed by atoms with E-state index < -0.39 is 18.0 Å². The molecule has 0 saturated heterocycles. The van der Waals surface area contributed by atoms with Gasteiger partial charge in [-0.05, 0) is 24.6 Å². The van der Waals surface area contributed by atoms with Crippen LogP contribution in [0.4, 0.5) is 5.69 Å². The van der Waals surface area contributed by atoms with Gasteiger partial charge in [-0.2, -0.15) is 0 Å². The molecule has 24 heavy (non-hydrogen) atoms. The van der Waals surface area contributed by atoms with E-state index in [0.717, 1.165) is 6.26 Å². The van der Waals surface area contributed by atoms with Gasteiger partial charge in [0.15, 0.2) is 11.6 Å². The minimum absolute atomic E-state index is 0.0113. The van der Waals surface area contributed by atoms with Crippen molar-refractivity contribution in [3.63, 3.8) is 0 Å². The summed E-state index contributed by atoms with van der Waals surface area (Å²) in [5.41, 5.74) is 0.0613. The number of nitrogens with zero attached hydrogens (tertiary/aromatic N) is 1. The topological polar surface area (TPSA) is 133 Å². The van der Waals surface area contributed by atoms with Gasteiger partial charge in [-0.1, -0.05) is 15.9 Å². The number of benzene rings is 1. The van der Waals surface area contributed by atoms with Crippen molar-refractivity contribution in [1.82, 2.24) is 4.98 Å². The second kappa shape index (κ2) is 8.04. The molecule has 2 aromatic rings. The number of rotatable bonds is 7. The number of hydrogen-bond donors (Lipinski definition) is 4. The van der Waals surface area contributed by atoms with Gasteiger partial charge in [0.1, 0.15) is 6.26 Å². The van der Waals surface area contributed by atoms with Gasteiger partial charge in [-0.3, -0.25) is 4.79 Å². The third-order valence-corrected chi connectivity index (χ3v) is 3.64. The van der Waals surface area contributed by atoms with Gasteiger partial charge >= 0.3 is 5.97 Å². The number of carboxylic acids is 1. The van der Waals surface area contributed by atoms with Crippen LogP contribution < -0.4 is 5.32 Å². The monoisotopic (exact) mass is 398 g/mol. The Morgan fingerprint density at radius 2 is 2.12 bits per heavy atom. The van der Waals surface area contributed by atoms with E-state index in [4.69, 9.17) is 9.52 Å². The predicted molar refractivity (Wildman–Crippen MR) is 87.0 cm³/mol. The van der Waals surface area contributed by atoms with E-state index in [9.17, 15) is 19.8 Å². The molecule has 1 aromatic heterocycles. The number of carbonyl (C=O) groups excluding carboxylic acids is 1. The Labute approximate surface area is 145 Å². The molecule has 9 heteroatoms. The fourth-order valence-corrected chi connectivity index (χ4v) is 2.26. The Hall–Kier alpha value is -2.23. The number of aryl methyl sites for hydroxylation is 1. The number of aromatic nitrogens is 1. The molecule has 0 aliphatic rings. The van der Waals surface area contributed by atoms with Crippen LogP contribution in [0.1, 0.15) is 33.2 Å². The number of hydrogen-bond acceptors (Lipinski definition) is 6. The minimum atomic E-state index is -1.18. The van der Waals surface area contributed by atoms with E-state index in [1.54, 1.807) is 6.07 Å². The van der Waals surface area contributed by atoms with Gasteiger partial charge in [0.05, 0.1) is 24.0 Å². The molecule has 4 N–H and O–H groups in total. The van der Waals surface area contributed by atoms with E-state index in [0.29, 0.717) is 4.47 Å². The van der Waals surface area contributed by atoms with Gasteiger partial charge in [0.25, 0.3) is 5.91 Å². The molecule has 0 aliphatic carbocycles. The summed E-state index contributed by atoms with van der Waals surface area (Å²) in [5, 5.41) is 29.7. The molecule has 0 bridgehead atoms. The number of aliphatic hydroxyl groups is 2. The molecule has 1 aromatic carbocycles. The summed E-state index contributed by atoms with van der Waals surface area (Å²) < 4.78 is 5.70. The van der Waals surface area contributed by atoms with Crippen molar-refractivity contribution >= 4 is 33.5 Å². The summed E-state index contributed by atoms with van der Waals surface area (Å²) in [7, 11) is 0. The van der Waals surface area contributed by atoms with Gasteiger partial charge in [0, 0.05) is 10.9 Å². The van der Waals surface area contributed by atoms with Crippen LogP contribution in [0.2, 0.25) is 0 Å². The first kappa shape index (κ1) is 18.1. The van der Waals surface area contributed by atoms with Crippen LogP contribution in [0.3, 0.4) is 0 Å². The first-order valence-corrected chi connectivity index (χ1v) is 7.77. The second-order valence-electron chi connectivity index (χ2n) is 4.95. The molecule has 1 amide bonds. The summed E-state index contributed by atoms with van der Waals surface area (Å²) in [6, 6.07) is 4.44. The highest BCUT2D eigenvalue weighted by Crippen LogP contribution is 2.22. The number of oxazole rings is 1. The predicted octanol–water partition coefficient (Wildman–Crippen LogP) is 1.67. The van der Waals surface area contributed by atoms with E-state index in [-0.39, 0.29) is 42.3 Å². The molecular formula is C15H15BrN2O6. The van der Waals surface area contributed by atoms with Crippen molar-refractivity contribution in [3.8, 4) is 0 Å². The maximum absolute atomic E-state index is 12.2. The number of aliphatic hydroxyl groups excluding tert-OH is 2. The lowest BCUT2D eigenvalue weighted by Gasteiger charge is -2.07. The number of carbonyl (C=O) groups is 2. The quantitative estimate of drug-likeness (QED) is 0.557. The fraction of sp³-hybridized carbons (Fsp3) is 0.267. The van der Waals surface area contributed by atoms with Gasteiger partial charge in [-0.15, -0.1) is 0 Å². The summed E-state index contributed by atoms with van der Waals surface area (Å²) in [4.78, 5) is 27.4. The fourth-order valence-electron chi connectivity index (χ4n) is 1.90. The molecule has 0 radical (unpaired) electrons. The van der Waals surface area contributed by atoms with Crippen molar-refractivity contribution in [1.29, 1.82) is 0 Å². The van der Waals surface area contributed by atoms with Crippen molar-refractivity contribution in [2.45, 2.75) is 18.9 Å². The van der Waals surface area contributed by atoms with Crippen LogP contribution in [-0.2, 0) is 6.42 Å².